The van der Waals surface area contributed by atoms with Crippen LogP contribution in [0.5, 0.6) is 5.88 Å². The average Bonchev–Trinajstić information content (AvgIpc) is 3.36. The Balaban J connectivity index is 1.74. The lowest BCUT2D eigenvalue weighted by molar-refractivity contribution is -0.112. The summed E-state index contributed by atoms with van der Waals surface area (Å²) in [5.41, 5.74) is 5.29. The van der Waals surface area contributed by atoms with Gasteiger partial charge >= 0.3 is 0 Å². The van der Waals surface area contributed by atoms with Gasteiger partial charge in [-0.05, 0) is 55.7 Å². The van der Waals surface area contributed by atoms with Crippen LogP contribution in [0.2, 0.25) is 0 Å². The van der Waals surface area contributed by atoms with Crippen LogP contribution in [-0.2, 0) is 18.4 Å². The molecule has 33 heavy (non-hydrogen) atoms. The first-order valence-electron chi connectivity index (χ1n) is 11.1. The fourth-order valence-electron chi connectivity index (χ4n) is 4.34. The summed E-state index contributed by atoms with van der Waals surface area (Å²) in [6.07, 6.45) is 5.92. The fourth-order valence-corrected chi connectivity index (χ4v) is 4.34. The molecular formula is C25H26N6O2. The second-order valence-corrected chi connectivity index (χ2v) is 8.43. The van der Waals surface area contributed by atoms with E-state index in [4.69, 9.17) is 4.74 Å². The van der Waals surface area contributed by atoms with Crippen LogP contribution >= 0.6 is 0 Å². The third-order valence-electron chi connectivity index (χ3n) is 5.87. The molecule has 1 N–H and O–H groups in total. The number of nitrogens with zero attached hydrogens (tertiary/aromatic N) is 5. The molecule has 1 amide bonds. The van der Waals surface area contributed by atoms with Gasteiger partial charge in [0.2, 0.25) is 5.88 Å². The zero-order chi connectivity index (χ0) is 23.1. The van der Waals surface area contributed by atoms with Crippen molar-refractivity contribution >= 4 is 28.2 Å². The number of carbonyl (C=O) groups is 1. The summed E-state index contributed by atoms with van der Waals surface area (Å²) in [5, 5.41) is 12.8. The van der Waals surface area contributed by atoms with E-state index in [1.54, 1.807) is 23.1 Å². The first-order chi connectivity index (χ1) is 16.0. The molecule has 1 aliphatic rings. The predicted octanol–water partition coefficient (Wildman–Crippen LogP) is 4.49. The smallest absolute Gasteiger partial charge is 0.253 e. The SMILES string of the molecule is CC/C(C(=O)Nc1ccn(C)n1)=C1\c2cc3cnn(C(C)C)c3cc2COc2ncccc21. The van der Waals surface area contributed by atoms with Gasteiger partial charge in [0.15, 0.2) is 5.82 Å². The van der Waals surface area contributed by atoms with Crippen molar-refractivity contribution in [3.05, 3.63) is 71.2 Å². The van der Waals surface area contributed by atoms with Gasteiger partial charge in [-0.15, -0.1) is 0 Å². The number of fused-ring (bicyclic) bond motifs is 3. The molecule has 1 aliphatic heterocycles. The number of ether oxygens (including phenoxy) is 1. The molecule has 8 nitrogen and oxygen atoms in total. The second kappa shape index (κ2) is 8.20. The molecular weight excluding hydrogens is 416 g/mol. The number of hydrogen-bond acceptors (Lipinski definition) is 5. The van der Waals surface area contributed by atoms with E-state index in [0.717, 1.165) is 33.2 Å². The summed E-state index contributed by atoms with van der Waals surface area (Å²) < 4.78 is 9.77. The Hall–Kier alpha value is -3.94. The third-order valence-corrected chi connectivity index (χ3v) is 5.87. The summed E-state index contributed by atoms with van der Waals surface area (Å²) >= 11 is 0. The first kappa shape index (κ1) is 20.9. The summed E-state index contributed by atoms with van der Waals surface area (Å²) in [6.45, 7) is 6.56. The van der Waals surface area contributed by atoms with Crippen molar-refractivity contribution in [2.75, 3.05) is 5.32 Å². The Morgan fingerprint density at radius 2 is 2.09 bits per heavy atom. The van der Waals surface area contributed by atoms with Gasteiger partial charge in [0.25, 0.3) is 5.91 Å². The van der Waals surface area contributed by atoms with Crippen LogP contribution in [0, 0.1) is 0 Å². The molecule has 0 saturated carbocycles. The zero-order valence-corrected chi connectivity index (χ0v) is 19.2. The lowest BCUT2D eigenvalue weighted by Gasteiger charge is -2.16. The van der Waals surface area contributed by atoms with Crippen LogP contribution in [-0.4, -0.2) is 30.5 Å². The molecule has 0 unspecified atom stereocenters. The fraction of sp³-hybridized carbons (Fsp3) is 0.280. The Morgan fingerprint density at radius 1 is 1.24 bits per heavy atom. The Morgan fingerprint density at radius 3 is 2.82 bits per heavy atom. The Labute approximate surface area is 191 Å². The number of benzene rings is 1. The first-order valence-corrected chi connectivity index (χ1v) is 11.1. The van der Waals surface area contributed by atoms with Crippen LogP contribution in [0.1, 0.15) is 49.9 Å². The monoisotopic (exact) mass is 442 g/mol. The number of nitrogens with one attached hydrogen (secondary N) is 1. The second-order valence-electron chi connectivity index (χ2n) is 8.43. The Bertz CT molecular complexity index is 1400. The van der Waals surface area contributed by atoms with Gasteiger partial charge in [0, 0.05) is 53.6 Å². The van der Waals surface area contributed by atoms with Gasteiger partial charge in [0.05, 0.1) is 11.7 Å². The van der Waals surface area contributed by atoms with E-state index in [0.29, 0.717) is 30.3 Å². The minimum absolute atomic E-state index is 0.188. The zero-order valence-electron chi connectivity index (χ0n) is 19.2. The third kappa shape index (κ3) is 3.67. The van der Waals surface area contributed by atoms with Gasteiger partial charge in [-0.3, -0.25) is 14.2 Å². The number of carbonyl (C=O) groups excluding carboxylic acids is 1. The van der Waals surface area contributed by atoms with E-state index in [9.17, 15) is 4.79 Å². The molecule has 0 aliphatic carbocycles. The van der Waals surface area contributed by atoms with Crippen LogP contribution in [0.3, 0.4) is 0 Å². The molecule has 168 valence electrons. The van der Waals surface area contributed by atoms with E-state index >= 15 is 0 Å². The molecule has 0 spiro atoms. The van der Waals surface area contributed by atoms with Crippen molar-refractivity contribution in [2.24, 2.45) is 7.05 Å². The number of amides is 1. The number of hydrogen-bond donors (Lipinski definition) is 1. The summed E-state index contributed by atoms with van der Waals surface area (Å²) in [6, 6.07) is 10.1. The molecule has 8 heteroatoms. The maximum atomic E-state index is 13.4. The maximum absolute atomic E-state index is 13.4. The molecule has 0 bridgehead atoms. The topological polar surface area (TPSA) is 86.9 Å². The average molecular weight is 443 g/mol. The van der Waals surface area contributed by atoms with Crippen molar-refractivity contribution in [1.82, 2.24) is 24.5 Å². The van der Waals surface area contributed by atoms with E-state index in [2.05, 4.69) is 46.5 Å². The molecule has 4 aromatic rings. The van der Waals surface area contributed by atoms with Gasteiger partial charge < -0.3 is 10.1 Å². The van der Waals surface area contributed by atoms with E-state index in [1.165, 1.54) is 0 Å². The molecule has 0 fully saturated rings. The molecule has 1 aromatic carbocycles. The maximum Gasteiger partial charge on any atom is 0.253 e. The van der Waals surface area contributed by atoms with Gasteiger partial charge in [-0.2, -0.15) is 10.2 Å². The minimum Gasteiger partial charge on any atom is -0.472 e. The highest BCUT2D eigenvalue weighted by atomic mass is 16.5. The quantitative estimate of drug-likeness (QED) is 0.471. The highest BCUT2D eigenvalue weighted by Gasteiger charge is 2.27. The molecule has 0 radical (unpaired) electrons. The highest BCUT2D eigenvalue weighted by Crippen LogP contribution is 2.40. The summed E-state index contributed by atoms with van der Waals surface area (Å²) in [5.74, 6) is 0.848. The molecule has 0 saturated heterocycles. The van der Waals surface area contributed by atoms with Crippen molar-refractivity contribution in [3.63, 3.8) is 0 Å². The number of anilines is 1. The van der Waals surface area contributed by atoms with Gasteiger partial charge in [-0.25, -0.2) is 4.98 Å². The van der Waals surface area contributed by atoms with E-state index in [1.807, 2.05) is 37.0 Å². The van der Waals surface area contributed by atoms with Crippen molar-refractivity contribution in [3.8, 4) is 5.88 Å². The van der Waals surface area contributed by atoms with E-state index < -0.39 is 0 Å². The molecule has 3 aromatic heterocycles. The van der Waals surface area contributed by atoms with Crippen molar-refractivity contribution in [2.45, 2.75) is 39.8 Å². The van der Waals surface area contributed by atoms with Crippen molar-refractivity contribution < 1.29 is 9.53 Å². The van der Waals surface area contributed by atoms with Gasteiger partial charge in [-0.1, -0.05) is 6.92 Å². The highest BCUT2D eigenvalue weighted by molar-refractivity contribution is 6.11. The standard InChI is InChI=1S/C25H26N6O2/c1-5-18(24(32)28-22-8-10-30(4)29-22)23-19-7-6-9-26-25(19)33-14-17-12-21-16(11-20(17)23)13-27-31(21)15(2)3/h6-13,15H,5,14H2,1-4H3,(H,28,29,32)/b23-18+. The molecule has 0 atom stereocenters. The molecule has 4 heterocycles. The lowest BCUT2D eigenvalue weighted by atomic mass is 9.89. The van der Waals surface area contributed by atoms with Crippen LogP contribution in [0.4, 0.5) is 5.82 Å². The number of aromatic nitrogens is 5. The lowest BCUT2D eigenvalue weighted by Crippen LogP contribution is -2.17. The molecule has 5 rings (SSSR count). The van der Waals surface area contributed by atoms with Gasteiger partial charge in [0.1, 0.15) is 6.61 Å². The summed E-state index contributed by atoms with van der Waals surface area (Å²) in [7, 11) is 1.82. The predicted molar refractivity (Wildman–Crippen MR) is 127 cm³/mol. The largest absolute Gasteiger partial charge is 0.472 e. The normalized spacial score (nSPS) is 14.5. The Kier molecular flexibility index (Phi) is 5.20. The number of aryl methyl sites for hydroxylation is 1. The van der Waals surface area contributed by atoms with Crippen LogP contribution in [0.25, 0.3) is 16.5 Å². The summed E-state index contributed by atoms with van der Waals surface area (Å²) in [4.78, 5) is 17.9. The van der Waals surface area contributed by atoms with Crippen LogP contribution < -0.4 is 10.1 Å². The van der Waals surface area contributed by atoms with E-state index in [-0.39, 0.29) is 11.9 Å². The van der Waals surface area contributed by atoms with Crippen LogP contribution in [0.15, 0.2) is 54.5 Å². The number of rotatable bonds is 4. The minimum atomic E-state index is -0.188. The van der Waals surface area contributed by atoms with Crippen molar-refractivity contribution in [1.29, 1.82) is 0 Å². The number of pyridine rings is 1.